The van der Waals surface area contributed by atoms with Crippen LogP contribution in [0, 0.1) is 6.07 Å². The number of aromatic nitrogens is 1. The van der Waals surface area contributed by atoms with Crippen LogP contribution in [-0.2, 0) is 6.42 Å². The largest absolute Gasteiger partial charge is 1.00 e. The van der Waals surface area contributed by atoms with Crippen molar-refractivity contribution in [1.82, 2.24) is 4.98 Å². The molecule has 0 bridgehead atoms. The van der Waals surface area contributed by atoms with Crippen molar-refractivity contribution in [1.29, 1.82) is 0 Å². The van der Waals surface area contributed by atoms with Crippen molar-refractivity contribution in [2.45, 2.75) is 19.8 Å². The average molecular weight is 195 g/mol. The maximum atomic E-state index is 12.0. The van der Waals surface area contributed by atoms with E-state index in [0.29, 0.717) is 6.42 Å². The monoisotopic (exact) mass is 195 g/mol. The second-order valence-electron chi connectivity index (χ2n) is 2.15. The number of aryl methyl sites for hydroxylation is 1. The van der Waals surface area contributed by atoms with Crippen LogP contribution in [0.1, 0.15) is 24.6 Å². The van der Waals surface area contributed by atoms with Crippen LogP contribution < -0.4 is 51.4 Å². The fourth-order valence-electron chi connectivity index (χ4n) is 0.771. The summed E-state index contributed by atoms with van der Waals surface area (Å²) >= 11 is 0. The summed E-state index contributed by atoms with van der Waals surface area (Å²) in [5, 5.41) is 0. The number of hydrogen-bond acceptors (Lipinski definition) is 1. The molecule has 0 unspecified atom stereocenters. The van der Waals surface area contributed by atoms with Crippen molar-refractivity contribution in [3.8, 4) is 0 Å². The first-order chi connectivity index (χ1) is 5.24. The molecule has 0 saturated heterocycles. The van der Waals surface area contributed by atoms with Crippen molar-refractivity contribution in [2.24, 2.45) is 0 Å². The Balaban J connectivity index is 0.00000121. The molecular weight excluding hydrogens is 187 g/mol. The van der Waals surface area contributed by atoms with Crippen molar-refractivity contribution in [2.75, 3.05) is 0 Å². The summed E-state index contributed by atoms with van der Waals surface area (Å²) in [6.45, 7) is 1.89. The Hall–Kier alpha value is 0.646. The molecule has 0 radical (unpaired) electrons. The van der Waals surface area contributed by atoms with Gasteiger partial charge in [-0.25, -0.2) is 20.4 Å². The second kappa shape index (κ2) is 6.15. The van der Waals surface area contributed by atoms with Gasteiger partial charge in [0.2, 0.25) is 0 Å². The van der Waals surface area contributed by atoms with Crippen LogP contribution in [0.5, 0.6) is 0 Å². The van der Waals surface area contributed by atoms with Crippen LogP contribution in [-0.4, -0.2) is 4.98 Å². The van der Waals surface area contributed by atoms with E-state index >= 15 is 0 Å². The Morgan fingerprint density at radius 1 is 1.58 bits per heavy atom. The van der Waals surface area contributed by atoms with Gasteiger partial charge in [-0.3, -0.25) is 4.98 Å². The van der Waals surface area contributed by atoms with Crippen LogP contribution in [0.4, 0.5) is 8.78 Å². The molecule has 0 aliphatic carbocycles. The smallest absolute Gasteiger partial charge is 0.295 e. The van der Waals surface area contributed by atoms with E-state index in [1.54, 1.807) is 0 Å². The zero-order valence-corrected chi connectivity index (χ0v) is 10.3. The van der Waals surface area contributed by atoms with Crippen molar-refractivity contribution in [3.63, 3.8) is 0 Å². The van der Waals surface area contributed by atoms with Gasteiger partial charge < -0.3 is 0 Å². The normalized spacial score (nSPS) is 9.67. The molecule has 0 fully saturated rings. The summed E-state index contributed by atoms with van der Waals surface area (Å²) < 4.78 is 24.0. The Labute approximate surface area is 113 Å². The summed E-state index contributed by atoms with van der Waals surface area (Å²) in [6.07, 6.45) is -0.474. The SMILES string of the molecule is CCc1[c-]cnc(C(F)F)c1.[K+]. The van der Waals surface area contributed by atoms with Crippen LogP contribution in [0.15, 0.2) is 12.3 Å². The first kappa shape index (κ1) is 12.6. The van der Waals surface area contributed by atoms with E-state index in [9.17, 15) is 8.78 Å². The zero-order valence-electron chi connectivity index (χ0n) is 7.14. The minimum absolute atomic E-state index is 0. The standard InChI is InChI=1S/C8H8F2N.K/c1-2-6-3-4-11-7(5-6)8(9)10;/h4-5,8H,2H2,1H3;/q-1;+1. The first-order valence-electron chi connectivity index (χ1n) is 3.38. The van der Waals surface area contributed by atoms with Gasteiger partial charge in [0.25, 0.3) is 6.43 Å². The number of halogens is 2. The molecule has 0 saturated carbocycles. The van der Waals surface area contributed by atoms with Gasteiger partial charge in [-0.15, -0.1) is 0 Å². The topological polar surface area (TPSA) is 12.9 Å². The number of rotatable bonds is 2. The quantitative estimate of drug-likeness (QED) is 0.453. The fraction of sp³-hybridized carbons (Fsp3) is 0.375. The van der Waals surface area contributed by atoms with Gasteiger partial charge in [0, 0.05) is 5.69 Å². The van der Waals surface area contributed by atoms with E-state index in [1.165, 1.54) is 12.3 Å². The Morgan fingerprint density at radius 2 is 2.25 bits per heavy atom. The molecule has 1 nitrogen and oxygen atoms in total. The molecule has 0 aliphatic rings. The molecule has 0 spiro atoms. The minimum atomic E-state index is -2.48. The van der Waals surface area contributed by atoms with Gasteiger partial charge in [-0.05, 0) is 0 Å². The molecule has 1 aromatic heterocycles. The molecule has 1 heterocycles. The second-order valence-corrected chi connectivity index (χ2v) is 2.15. The van der Waals surface area contributed by atoms with Gasteiger partial charge in [0.15, 0.2) is 0 Å². The van der Waals surface area contributed by atoms with E-state index in [-0.39, 0.29) is 57.1 Å². The summed E-state index contributed by atoms with van der Waals surface area (Å²) in [5.41, 5.74) is 0.607. The number of nitrogens with zero attached hydrogens (tertiary/aromatic N) is 1. The van der Waals surface area contributed by atoms with Gasteiger partial charge in [-0.2, -0.15) is 6.07 Å². The zero-order chi connectivity index (χ0) is 8.27. The molecule has 1 aromatic rings. The Bertz CT molecular complexity index is 240. The Morgan fingerprint density at radius 3 is 2.75 bits per heavy atom. The van der Waals surface area contributed by atoms with E-state index in [2.05, 4.69) is 11.1 Å². The van der Waals surface area contributed by atoms with Gasteiger partial charge in [0.1, 0.15) is 0 Å². The Kier molecular flexibility index (Phi) is 6.49. The fourth-order valence-corrected chi connectivity index (χ4v) is 0.771. The third kappa shape index (κ3) is 3.58. The van der Waals surface area contributed by atoms with Gasteiger partial charge in [0.05, 0.1) is 0 Å². The molecular formula is C8H8F2KN. The maximum Gasteiger partial charge on any atom is 1.00 e. The summed E-state index contributed by atoms with van der Waals surface area (Å²) in [4.78, 5) is 3.48. The summed E-state index contributed by atoms with van der Waals surface area (Å²) in [5.74, 6) is 0. The van der Waals surface area contributed by atoms with Crippen molar-refractivity contribution in [3.05, 3.63) is 29.6 Å². The third-order valence-electron chi connectivity index (χ3n) is 1.39. The number of hydrogen-bond donors (Lipinski definition) is 0. The molecule has 0 N–H and O–H groups in total. The predicted molar refractivity (Wildman–Crippen MR) is 37.4 cm³/mol. The number of pyridine rings is 1. The van der Waals surface area contributed by atoms with Crippen molar-refractivity contribution >= 4 is 0 Å². The number of alkyl halides is 2. The van der Waals surface area contributed by atoms with Gasteiger partial charge in [-0.1, -0.05) is 19.5 Å². The molecule has 12 heavy (non-hydrogen) atoms. The van der Waals surface area contributed by atoms with E-state index in [1.807, 2.05) is 6.92 Å². The average Bonchev–Trinajstić information content (AvgIpc) is 2.05. The van der Waals surface area contributed by atoms with E-state index in [4.69, 9.17) is 0 Å². The maximum absolute atomic E-state index is 12.0. The molecule has 1 rings (SSSR count). The summed E-state index contributed by atoms with van der Waals surface area (Å²) in [7, 11) is 0. The predicted octanol–water partition coefficient (Wildman–Crippen LogP) is -0.614. The van der Waals surface area contributed by atoms with Gasteiger partial charge >= 0.3 is 51.4 Å². The minimum Gasteiger partial charge on any atom is -0.295 e. The third-order valence-corrected chi connectivity index (χ3v) is 1.39. The molecule has 60 valence electrons. The van der Waals surface area contributed by atoms with E-state index in [0.717, 1.165) is 5.56 Å². The first-order valence-corrected chi connectivity index (χ1v) is 3.38. The van der Waals surface area contributed by atoms with Crippen LogP contribution in [0.25, 0.3) is 0 Å². The van der Waals surface area contributed by atoms with E-state index < -0.39 is 6.43 Å². The van der Waals surface area contributed by atoms with Crippen LogP contribution >= 0.6 is 0 Å². The molecule has 0 atom stereocenters. The van der Waals surface area contributed by atoms with Crippen LogP contribution in [0.2, 0.25) is 0 Å². The van der Waals surface area contributed by atoms with Crippen molar-refractivity contribution < 1.29 is 60.2 Å². The molecule has 0 aliphatic heterocycles. The molecule has 0 amide bonds. The summed E-state index contributed by atoms with van der Waals surface area (Å²) in [6, 6.07) is 4.15. The van der Waals surface area contributed by atoms with Crippen LogP contribution in [0.3, 0.4) is 0 Å². The molecule has 4 heteroatoms. The molecule has 0 aromatic carbocycles.